The van der Waals surface area contributed by atoms with Crippen LogP contribution in [0.5, 0.6) is 17.2 Å². The van der Waals surface area contributed by atoms with Crippen molar-refractivity contribution in [1.29, 1.82) is 0 Å². The lowest BCUT2D eigenvalue weighted by Crippen LogP contribution is -2.45. The molecule has 0 unspecified atom stereocenters. The summed E-state index contributed by atoms with van der Waals surface area (Å²) in [6.07, 6.45) is -0.434. The Morgan fingerprint density at radius 1 is 1.06 bits per heavy atom. The van der Waals surface area contributed by atoms with Crippen molar-refractivity contribution in [2.75, 3.05) is 31.1 Å². The van der Waals surface area contributed by atoms with Gasteiger partial charge in [0.2, 0.25) is 5.91 Å². The number of ether oxygens (including phenoxy) is 3. The van der Waals surface area contributed by atoms with Gasteiger partial charge in [0.15, 0.2) is 11.5 Å². The molecule has 1 N–H and O–H groups in total. The van der Waals surface area contributed by atoms with E-state index in [1.165, 1.54) is 43.5 Å². The molecule has 1 heterocycles. The number of fused-ring (bicyclic) bond motifs is 1. The van der Waals surface area contributed by atoms with Gasteiger partial charge in [-0.2, -0.15) is 0 Å². The zero-order chi connectivity index (χ0) is 24.1. The lowest BCUT2D eigenvalue weighted by atomic mass is 10.2. The van der Waals surface area contributed by atoms with Gasteiger partial charge in [0.25, 0.3) is 10.0 Å². The maximum Gasteiger partial charge on any atom is 0.264 e. The first-order valence-electron chi connectivity index (χ1n) is 10.4. The van der Waals surface area contributed by atoms with Gasteiger partial charge in [-0.3, -0.25) is 9.10 Å². The van der Waals surface area contributed by atoms with Crippen molar-refractivity contribution in [3.05, 3.63) is 78.6 Å². The van der Waals surface area contributed by atoms with Gasteiger partial charge in [0.1, 0.15) is 30.8 Å². The fourth-order valence-corrected chi connectivity index (χ4v) is 4.80. The maximum absolute atomic E-state index is 13.5. The van der Waals surface area contributed by atoms with Crippen LogP contribution in [-0.4, -0.2) is 47.2 Å². The SMILES string of the molecule is COc1ccc(S(=O)(=O)N(CC(=O)NC[C@H]2COc3ccccc3O2)c2ccc(F)cc2)cc1. The van der Waals surface area contributed by atoms with Crippen molar-refractivity contribution in [3.8, 4) is 17.2 Å². The zero-order valence-electron chi connectivity index (χ0n) is 18.3. The van der Waals surface area contributed by atoms with E-state index in [1.807, 2.05) is 12.1 Å². The molecule has 0 saturated carbocycles. The minimum absolute atomic E-state index is 0.0361. The molecule has 8 nitrogen and oxygen atoms in total. The standard InChI is InChI=1S/C24H23FN2O6S/c1-31-19-10-12-21(13-11-19)34(29,30)27(18-8-6-17(25)7-9-18)15-24(28)26-14-20-16-32-22-4-2-3-5-23(22)33-20/h2-13,20H,14-16H2,1H3,(H,26,28)/t20-/m0/s1. The molecule has 4 rings (SSSR count). The number of anilines is 1. The summed E-state index contributed by atoms with van der Waals surface area (Å²) in [6, 6.07) is 17.9. The van der Waals surface area contributed by atoms with Crippen LogP contribution >= 0.6 is 0 Å². The number of carbonyl (C=O) groups is 1. The quantitative estimate of drug-likeness (QED) is 0.526. The number of sulfonamides is 1. The van der Waals surface area contributed by atoms with Crippen LogP contribution in [0.1, 0.15) is 0 Å². The van der Waals surface area contributed by atoms with E-state index in [9.17, 15) is 17.6 Å². The second kappa shape index (κ2) is 10.0. The molecule has 0 aromatic heterocycles. The lowest BCUT2D eigenvalue weighted by molar-refractivity contribution is -0.120. The van der Waals surface area contributed by atoms with Crippen LogP contribution in [-0.2, 0) is 14.8 Å². The normalized spacial score (nSPS) is 14.8. The van der Waals surface area contributed by atoms with Gasteiger partial charge < -0.3 is 19.5 Å². The van der Waals surface area contributed by atoms with Gasteiger partial charge in [0.05, 0.1) is 24.2 Å². The van der Waals surface area contributed by atoms with Gasteiger partial charge >= 0.3 is 0 Å². The highest BCUT2D eigenvalue weighted by molar-refractivity contribution is 7.92. The summed E-state index contributed by atoms with van der Waals surface area (Å²) < 4.78 is 57.6. The lowest BCUT2D eigenvalue weighted by Gasteiger charge is -2.27. The number of para-hydroxylation sites is 2. The van der Waals surface area contributed by atoms with E-state index in [2.05, 4.69) is 5.32 Å². The Kier molecular flexibility index (Phi) is 6.87. The number of rotatable bonds is 8. The number of nitrogens with zero attached hydrogens (tertiary/aromatic N) is 1. The average molecular weight is 487 g/mol. The summed E-state index contributed by atoms with van der Waals surface area (Å²) in [7, 11) is -2.66. The fourth-order valence-electron chi connectivity index (χ4n) is 3.38. The predicted molar refractivity (Wildman–Crippen MR) is 123 cm³/mol. The van der Waals surface area contributed by atoms with Crippen LogP contribution in [0, 0.1) is 5.82 Å². The summed E-state index contributed by atoms with van der Waals surface area (Å²) in [5, 5.41) is 2.69. The Bertz CT molecular complexity index is 1250. The van der Waals surface area contributed by atoms with Crippen LogP contribution < -0.4 is 23.8 Å². The molecule has 178 valence electrons. The Hall–Kier alpha value is -3.79. The predicted octanol–water partition coefficient (Wildman–Crippen LogP) is 2.99. The second-order valence-electron chi connectivity index (χ2n) is 7.47. The molecule has 3 aromatic rings. The Balaban J connectivity index is 1.49. The third-order valence-electron chi connectivity index (χ3n) is 5.14. The Morgan fingerprint density at radius 3 is 2.41 bits per heavy atom. The summed E-state index contributed by atoms with van der Waals surface area (Å²) in [5.41, 5.74) is 0.151. The first-order chi connectivity index (χ1) is 16.4. The van der Waals surface area contributed by atoms with Crippen LogP contribution in [0.2, 0.25) is 0 Å². The highest BCUT2D eigenvalue weighted by Gasteiger charge is 2.28. The van der Waals surface area contributed by atoms with Gasteiger partial charge in [-0.15, -0.1) is 0 Å². The van der Waals surface area contributed by atoms with E-state index >= 15 is 0 Å². The van der Waals surface area contributed by atoms with E-state index in [4.69, 9.17) is 14.2 Å². The van der Waals surface area contributed by atoms with Crippen LogP contribution in [0.15, 0.2) is 77.7 Å². The molecule has 10 heteroatoms. The molecule has 34 heavy (non-hydrogen) atoms. The molecule has 0 fully saturated rings. The number of methoxy groups -OCH3 is 1. The highest BCUT2D eigenvalue weighted by Crippen LogP contribution is 2.30. The summed E-state index contributed by atoms with van der Waals surface area (Å²) in [6.45, 7) is -0.152. The molecule has 1 atom stereocenters. The summed E-state index contributed by atoms with van der Waals surface area (Å²) in [4.78, 5) is 12.7. The third kappa shape index (κ3) is 5.23. The Labute approximate surface area is 196 Å². The Morgan fingerprint density at radius 2 is 1.74 bits per heavy atom. The largest absolute Gasteiger partial charge is 0.497 e. The number of halogens is 1. The van der Waals surface area contributed by atoms with E-state index in [-0.39, 0.29) is 23.7 Å². The third-order valence-corrected chi connectivity index (χ3v) is 6.93. The number of carbonyl (C=O) groups excluding carboxylic acids is 1. The molecule has 1 amide bonds. The molecule has 0 saturated heterocycles. The summed E-state index contributed by atoms with van der Waals surface area (Å²) >= 11 is 0. The molecular formula is C24H23FN2O6S. The number of nitrogens with one attached hydrogen (secondary N) is 1. The molecule has 0 spiro atoms. The number of amides is 1. The fraction of sp³-hybridized carbons (Fsp3) is 0.208. The highest BCUT2D eigenvalue weighted by atomic mass is 32.2. The minimum atomic E-state index is -4.13. The van der Waals surface area contributed by atoms with Crippen LogP contribution in [0.3, 0.4) is 0 Å². The monoisotopic (exact) mass is 486 g/mol. The van der Waals surface area contributed by atoms with Crippen molar-refractivity contribution in [1.82, 2.24) is 5.32 Å². The van der Waals surface area contributed by atoms with Gasteiger partial charge in [0, 0.05) is 0 Å². The van der Waals surface area contributed by atoms with E-state index in [0.29, 0.717) is 17.2 Å². The van der Waals surface area contributed by atoms with Crippen molar-refractivity contribution in [2.45, 2.75) is 11.0 Å². The first kappa shape index (κ1) is 23.4. The van der Waals surface area contributed by atoms with Crippen LogP contribution in [0.25, 0.3) is 0 Å². The average Bonchev–Trinajstić information content (AvgIpc) is 2.86. The molecule has 0 aliphatic carbocycles. The zero-order valence-corrected chi connectivity index (χ0v) is 19.1. The van der Waals surface area contributed by atoms with Crippen molar-refractivity contribution >= 4 is 21.6 Å². The van der Waals surface area contributed by atoms with E-state index in [0.717, 1.165) is 16.4 Å². The minimum Gasteiger partial charge on any atom is -0.497 e. The van der Waals surface area contributed by atoms with Crippen molar-refractivity contribution < 1.29 is 31.8 Å². The van der Waals surface area contributed by atoms with E-state index in [1.54, 1.807) is 12.1 Å². The topological polar surface area (TPSA) is 94.2 Å². The van der Waals surface area contributed by atoms with E-state index < -0.39 is 34.4 Å². The smallest absolute Gasteiger partial charge is 0.264 e. The maximum atomic E-state index is 13.5. The number of hydrogen-bond acceptors (Lipinski definition) is 6. The second-order valence-corrected chi connectivity index (χ2v) is 9.33. The molecule has 0 bridgehead atoms. The molecule has 0 radical (unpaired) electrons. The molecule has 3 aromatic carbocycles. The number of benzene rings is 3. The first-order valence-corrected chi connectivity index (χ1v) is 11.9. The van der Waals surface area contributed by atoms with Crippen LogP contribution in [0.4, 0.5) is 10.1 Å². The van der Waals surface area contributed by atoms with Gasteiger partial charge in [-0.25, -0.2) is 12.8 Å². The van der Waals surface area contributed by atoms with Crippen molar-refractivity contribution in [3.63, 3.8) is 0 Å². The number of hydrogen-bond donors (Lipinski definition) is 1. The van der Waals surface area contributed by atoms with Crippen molar-refractivity contribution in [2.24, 2.45) is 0 Å². The molecule has 1 aliphatic rings. The molecule has 1 aliphatic heterocycles. The van der Waals surface area contributed by atoms with Gasteiger partial charge in [-0.05, 0) is 60.7 Å². The summed E-state index contributed by atoms with van der Waals surface area (Å²) in [5.74, 6) is 0.607. The molecular weight excluding hydrogens is 463 g/mol. The van der Waals surface area contributed by atoms with Gasteiger partial charge in [-0.1, -0.05) is 12.1 Å².